The van der Waals surface area contributed by atoms with Gasteiger partial charge in [-0.25, -0.2) is 0 Å². The fourth-order valence-corrected chi connectivity index (χ4v) is 4.12. The minimum Gasteiger partial charge on any atom is -0.481 e. The fraction of sp³-hybridized carbons (Fsp3) is 0.733. The van der Waals surface area contributed by atoms with E-state index in [0.717, 1.165) is 43.0 Å². The van der Waals surface area contributed by atoms with Gasteiger partial charge in [-0.2, -0.15) is 11.8 Å². The van der Waals surface area contributed by atoms with Crippen molar-refractivity contribution in [2.45, 2.75) is 38.6 Å². The number of carboxylic acid groups (broad SMARTS) is 1. The zero-order chi connectivity index (χ0) is 15.2. The number of thioether (sulfide) groups is 1. The second-order valence-corrected chi connectivity index (χ2v) is 6.67. The first-order valence-corrected chi connectivity index (χ1v) is 8.80. The molecule has 0 bridgehead atoms. The molecule has 1 N–H and O–H groups in total. The van der Waals surface area contributed by atoms with E-state index < -0.39 is 5.97 Å². The van der Waals surface area contributed by atoms with Gasteiger partial charge in [0.1, 0.15) is 0 Å². The summed E-state index contributed by atoms with van der Waals surface area (Å²) in [5.74, 6) is 1.09. The Morgan fingerprint density at radius 2 is 2.33 bits per heavy atom. The monoisotopic (exact) mass is 312 g/mol. The maximum Gasteiger partial charge on any atom is 0.304 e. The molecule has 0 aromatic heterocycles. The van der Waals surface area contributed by atoms with Crippen LogP contribution in [-0.2, 0) is 9.59 Å². The van der Waals surface area contributed by atoms with Crippen LogP contribution in [-0.4, -0.2) is 64.0 Å². The van der Waals surface area contributed by atoms with Crippen LogP contribution in [0.4, 0.5) is 0 Å². The molecule has 0 aromatic rings. The fourth-order valence-electron chi connectivity index (χ4n) is 2.98. The van der Waals surface area contributed by atoms with Gasteiger partial charge < -0.3 is 10.0 Å². The number of carboxylic acids is 1. The van der Waals surface area contributed by atoms with E-state index in [4.69, 9.17) is 5.11 Å². The number of carbonyl (C=O) groups is 2. The van der Waals surface area contributed by atoms with E-state index in [1.54, 1.807) is 11.8 Å². The lowest BCUT2D eigenvalue weighted by Crippen LogP contribution is -2.49. The second-order valence-electron chi connectivity index (χ2n) is 5.52. The van der Waals surface area contributed by atoms with E-state index in [-0.39, 0.29) is 18.4 Å². The summed E-state index contributed by atoms with van der Waals surface area (Å²) in [4.78, 5) is 27.4. The van der Waals surface area contributed by atoms with Crippen molar-refractivity contribution in [2.24, 2.45) is 0 Å². The third kappa shape index (κ3) is 4.48. The zero-order valence-electron chi connectivity index (χ0n) is 12.6. The van der Waals surface area contributed by atoms with Gasteiger partial charge in [-0.15, -0.1) is 0 Å². The Morgan fingerprint density at radius 3 is 2.95 bits per heavy atom. The molecule has 1 aliphatic heterocycles. The van der Waals surface area contributed by atoms with Gasteiger partial charge in [0.05, 0.1) is 13.0 Å². The highest BCUT2D eigenvalue weighted by molar-refractivity contribution is 7.99. The molecular formula is C15H24N2O3S. The average molecular weight is 312 g/mol. The molecule has 6 heteroatoms. The standard InChI is InChI=1S/C15H24N2O3S/c1-2-17(12-5-3-4-6-12)14(18)10-16-7-8-21-11-13(16)9-15(19)20/h5,13H,2-4,6-11H2,1H3,(H,19,20). The molecule has 0 saturated carbocycles. The van der Waals surface area contributed by atoms with Gasteiger partial charge >= 0.3 is 5.97 Å². The predicted octanol–water partition coefficient (Wildman–Crippen LogP) is 1.79. The number of rotatable bonds is 6. The first kappa shape index (κ1) is 16.4. The van der Waals surface area contributed by atoms with Crippen LogP contribution in [0.5, 0.6) is 0 Å². The molecule has 0 radical (unpaired) electrons. The van der Waals surface area contributed by atoms with Crippen molar-refractivity contribution < 1.29 is 14.7 Å². The number of hydrogen-bond donors (Lipinski definition) is 1. The second kappa shape index (κ2) is 7.84. The van der Waals surface area contributed by atoms with Crippen LogP contribution >= 0.6 is 11.8 Å². The van der Waals surface area contributed by atoms with Gasteiger partial charge in [0.25, 0.3) is 0 Å². The summed E-state index contributed by atoms with van der Waals surface area (Å²) >= 11 is 1.77. The van der Waals surface area contributed by atoms with Crippen molar-refractivity contribution in [3.05, 3.63) is 11.8 Å². The predicted molar refractivity (Wildman–Crippen MR) is 84.3 cm³/mol. The molecule has 0 aromatic carbocycles. The van der Waals surface area contributed by atoms with E-state index in [9.17, 15) is 9.59 Å². The van der Waals surface area contributed by atoms with Gasteiger partial charge in [0.15, 0.2) is 0 Å². The molecule has 1 unspecified atom stereocenters. The summed E-state index contributed by atoms with van der Waals surface area (Å²) in [7, 11) is 0. The largest absolute Gasteiger partial charge is 0.481 e. The molecule has 1 amide bonds. The molecule has 21 heavy (non-hydrogen) atoms. The summed E-state index contributed by atoms with van der Waals surface area (Å²) in [6, 6.07) is -0.0264. The van der Waals surface area contributed by atoms with Gasteiger partial charge in [-0.3, -0.25) is 14.5 Å². The van der Waals surface area contributed by atoms with Crippen molar-refractivity contribution in [3.8, 4) is 0 Å². The minimum absolute atomic E-state index is 0.0264. The third-order valence-corrected chi connectivity index (χ3v) is 5.17. The van der Waals surface area contributed by atoms with Crippen LogP contribution in [0.15, 0.2) is 11.8 Å². The Kier molecular flexibility index (Phi) is 6.11. The van der Waals surface area contributed by atoms with E-state index in [0.29, 0.717) is 13.1 Å². The smallest absolute Gasteiger partial charge is 0.304 e. The van der Waals surface area contributed by atoms with Crippen molar-refractivity contribution in [1.82, 2.24) is 9.80 Å². The van der Waals surface area contributed by atoms with E-state index in [2.05, 4.69) is 6.08 Å². The zero-order valence-corrected chi connectivity index (χ0v) is 13.4. The Morgan fingerprint density at radius 1 is 1.52 bits per heavy atom. The maximum absolute atomic E-state index is 12.6. The number of carbonyl (C=O) groups excluding carboxylic acids is 1. The van der Waals surface area contributed by atoms with Crippen molar-refractivity contribution in [2.75, 3.05) is 31.1 Å². The Bertz CT molecular complexity index is 425. The van der Waals surface area contributed by atoms with Crippen molar-refractivity contribution in [3.63, 3.8) is 0 Å². The van der Waals surface area contributed by atoms with Gasteiger partial charge in [0, 0.05) is 36.3 Å². The van der Waals surface area contributed by atoms with Crippen LogP contribution in [0.1, 0.15) is 32.6 Å². The lowest BCUT2D eigenvalue weighted by atomic mass is 10.2. The Labute approximate surface area is 130 Å². The average Bonchev–Trinajstić information content (AvgIpc) is 2.95. The summed E-state index contributed by atoms with van der Waals surface area (Å²) in [5, 5.41) is 9.01. The first-order valence-electron chi connectivity index (χ1n) is 7.64. The molecule has 1 aliphatic carbocycles. The highest BCUT2D eigenvalue weighted by Crippen LogP contribution is 2.23. The van der Waals surface area contributed by atoms with Crippen molar-refractivity contribution >= 4 is 23.6 Å². The van der Waals surface area contributed by atoms with Crippen LogP contribution in [0.25, 0.3) is 0 Å². The molecular weight excluding hydrogens is 288 g/mol. The first-order chi connectivity index (χ1) is 10.1. The van der Waals surface area contributed by atoms with Gasteiger partial charge in [0.2, 0.25) is 5.91 Å². The molecule has 118 valence electrons. The summed E-state index contributed by atoms with van der Waals surface area (Å²) in [6.45, 7) is 3.82. The molecule has 5 nitrogen and oxygen atoms in total. The van der Waals surface area contributed by atoms with E-state index in [1.165, 1.54) is 0 Å². The molecule has 1 atom stereocenters. The SMILES string of the molecule is CCN(C(=O)CN1CCSCC1CC(=O)O)C1=CCCC1. The maximum atomic E-state index is 12.6. The quantitative estimate of drug-likeness (QED) is 0.810. The van der Waals surface area contributed by atoms with E-state index in [1.807, 2.05) is 16.7 Å². The van der Waals surface area contributed by atoms with Crippen LogP contribution in [0.3, 0.4) is 0 Å². The van der Waals surface area contributed by atoms with Gasteiger partial charge in [-0.1, -0.05) is 6.08 Å². The topological polar surface area (TPSA) is 60.9 Å². The minimum atomic E-state index is -0.786. The number of likely N-dealkylation sites (N-methyl/N-ethyl adjacent to an activating group) is 1. The number of aliphatic carboxylic acids is 1. The number of nitrogens with zero attached hydrogens (tertiary/aromatic N) is 2. The lowest BCUT2D eigenvalue weighted by molar-refractivity contribution is -0.139. The normalized spacial score (nSPS) is 22.9. The number of allylic oxidation sites excluding steroid dienone is 2. The van der Waals surface area contributed by atoms with Crippen LogP contribution < -0.4 is 0 Å². The Hall–Kier alpha value is -1.01. The lowest BCUT2D eigenvalue weighted by Gasteiger charge is -2.35. The molecule has 0 spiro atoms. The molecule has 2 rings (SSSR count). The highest BCUT2D eigenvalue weighted by Gasteiger charge is 2.28. The molecule has 1 fully saturated rings. The van der Waals surface area contributed by atoms with E-state index >= 15 is 0 Å². The van der Waals surface area contributed by atoms with Crippen LogP contribution in [0, 0.1) is 0 Å². The summed E-state index contributed by atoms with van der Waals surface area (Å²) in [6.07, 6.45) is 5.44. The van der Waals surface area contributed by atoms with Crippen molar-refractivity contribution in [1.29, 1.82) is 0 Å². The number of hydrogen-bond acceptors (Lipinski definition) is 4. The molecule has 1 heterocycles. The molecule has 1 saturated heterocycles. The van der Waals surface area contributed by atoms with Crippen LogP contribution in [0.2, 0.25) is 0 Å². The highest BCUT2D eigenvalue weighted by atomic mass is 32.2. The third-order valence-electron chi connectivity index (χ3n) is 4.08. The number of amides is 1. The molecule has 2 aliphatic rings. The summed E-state index contributed by atoms with van der Waals surface area (Å²) < 4.78 is 0. The Balaban J connectivity index is 1.96. The van der Waals surface area contributed by atoms with Gasteiger partial charge in [-0.05, 0) is 26.2 Å². The summed E-state index contributed by atoms with van der Waals surface area (Å²) in [5.41, 5.74) is 1.14.